The van der Waals surface area contributed by atoms with E-state index in [1.807, 2.05) is 24.3 Å². The van der Waals surface area contributed by atoms with Gasteiger partial charge in [0.2, 0.25) is 0 Å². The fraction of sp³-hybridized carbons (Fsp3) is 0.400. The molecule has 0 saturated heterocycles. The van der Waals surface area contributed by atoms with Gasteiger partial charge in [-0.25, -0.2) is 0 Å². The molecule has 0 aromatic heterocycles. The molecule has 0 bridgehead atoms. The maximum Gasteiger partial charge on any atom is 0.119 e. The Morgan fingerprint density at radius 1 is 1.29 bits per heavy atom. The molecule has 0 amide bonds. The van der Waals surface area contributed by atoms with Crippen molar-refractivity contribution >= 4 is 0 Å². The molecule has 0 aliphatic carbocycles. The molecular formula is C10H15NO3. The van der Waals surface area contributed by atoms with Crippen molar-refractivity contribution in [1.82, 2.24) is 0 Å². The molecule has 1 aromatic rings. The van der Waals surface area contributed by atoms with Gasteiger partial charge in [-0.3, -0.25) is 0 Å². The Kier molecular flexibility index (Phi) is 4.22. The molecule has 1 aromatic carbocycles. The van der Waals surface area contributed by atoms with Crippen LogP contribution in [0.5, 0.6) is 11.5 Å². The zero-order chi connectivity index (χ0) is 10.4. The van der Waals surface area contributed by atoms with Gasteiger partial charge < -0.3 is 20.3 Å². The quantitative estimate of drug-likeness (QED) is 0.683. The minimum absolute atomic E-state index is 0.407. The first-order valence-electron chi connectivity index (χ1n) is 4.43. The van der Waals surface area contributed by atoms with Crippen LogP contribution < -0.4 is 15.2 Å². The molecule has 0 saturated carbocycles. The van der Waals surface area contributed by atoms with Crippen LogP contribution in [0.2, 0.25) is 0 Å². The Bertz CT molecular complexity index is 259. The summed E-state index contributed by atoms with van der Waals surface area (Å²) in [5.74, 6) is 1.53. The van der Waals surface area contributed by atoms with E-state index in [4.69, 9.17) is 20.3 Å². The van der Waals surface area contributed by atoms with Gasteiger partial charge in [0, 0.05) is 6.42 Å². The monoisotopic (exact) mass is 197 g/mol. The SMILES string of the molecule is COc1ccc(OCCC(N)O)cc1. The number of nitrogens with two attached hydrogens (primary N) is 1. The summed E-state index contributed by atoms with van der Waals surface area (Å²) in [5, 5.41) is 8.79. The van der Waals surface area contributed by atoms with Gasteiger partial charge in [-0.05, 0) is 24.3 Å². The lowest BCUT2D eigenvalue weighted by molar-refractivity contribution is 0.145. The highest BCUT2D eigenvalue weighted by atomic mass is 16.5. The lowest BCUT2D eigenvalue weighted by atomic mass is 10.3. The second-order valence-electron chi connectivity index (χ2n) is 2.88. The first-order valence-corrected chi connectivity index (χ1v) is 4.43. The van der Waals surface area contributed by atoms with E-state index in [1.54, 1.807) is 7.11 Å². The number of hydrogen-bond acceptors (Lipinski definition) is 4. The van der Waals surface area contributed by atoms with Gasteiger partial charge in [0.25, 0.3) is 0 Å². The summed E-state index contributed by atoms with van der Waals surface area (Å²) >= 11 is 0. The number of aliphatic hydroxyl groups excluding tert-OH is 1. The number of hydrogen-bond donors (Lipinski definition) is 2. The highest BCUT2D eigenvalue weighted by Crippen LogP contribution is 2.16. The molecule has 4 nitrogen and oxygen atoms in total. The Labute approximate surface area is 83.3 Å². The summed E-state index contributed by atoms with van der Waals surface area (Å²) < 4.78 is 10.3. The van der Waals surface area contributed by atoms with Gasteiger partial charge in [0.1, 0.15) is 17.7 Å². The predicted molar refractivity (Wildman–Crippen MR) is 53.3 cm³/mol. The minimum atomic E-state index is -0.812. The average molecular weight is 197 g/mol. The molecule has 0 fully saturated rings. The minimum Gasteiger partial charge on any atom is -0.497 e. The van der Waals surface area contributed by atoms with Gasteiger partial charge in [-0.15, -0.1) is 0 Å². The van der Waals surface area contributed by atoms with Crippen molar-refractivity contribution < 1.29 is 14.6 Å². The zero-order valence-corrected chi connectivity index (χ0v) is 8.14. The van der Waals surface area contributed by atoms with E-state index in [-0.39, 0.29) is 0 Å². The molecule has 78 valence electrons. The maximum atomic E-state index is 8.79. The van der Waals surface area contributed by atoms with Crippen LogP contribution >= 0.6 is 0 Å². The molecule has 1 rings (SSSR count). The van der Waals surface area contributed by atoms with E-state index < -0.39 is 6.23 Å². The summed E-state index contributed by atoms with van der Waals surface area (Å²) in [4.78, 5) is 0. The van der Waals surface area contributed by atoms with Crippen molar-refractivity contribution in [2.24, 2.45) is 5.73 Å². The summed E-state index contributed by atoms with van der Waals surface area (Å²) in [6.07, 6.45) is -0.389. The van der Waals surface area contributed by atoms with Gasteiger partial charge in [-0.2, -0.15) is 0 Å². The third-order valence-corrected chi connectivity index (χ3v) is 1.74. The number of rotatable bonds is 5. The normalized spacial score (nSPS) is 12.2. The second kappa shape index (κ2) is 5.47. The van der Waals surface area contributed by atoms with E-state index in [9.17, 15) is 0 Å². The van der Waals surface area contributed by atoms with Crippen LogP contribution in [0.4, 0.5) is 0 Å². The molecule has 0 heterocycles. The summed E-state index contributed by atoms with van der Waals surface area (Å²) in [6.45, 7) is 0.407. The fourth-order valence-corrected chi connectivity index (χ4v) is 0.969. The third-order valence-electron chi connectivity index (χ3n) is 1.74. The van der Waals surface area contributed by atoms with Crippen molar-refractivity contribution in [3.05, 3.63) is 24.3 Å². The van der Waals surface area contributed by atoms with E-state index in [0.717, 1.165) is 11.5 Å². The van der Waals surface area contributed by atoms with Crippen LogP contribution in [0.15, 0.2) is 24.3 Å². The van der Waals surface area contributed by atoms with E-state index >= 15 is 0 Å². The van der Waals surface area contributed by atoms with Crippen molar-refractivity contribution in [1.29, 1.82) is 0 Å². The standard InChI is InChI=1S/C10H15NO3/c1-13-8-2-4-9(5-3-8)14-7-6-10(11)12/h2-5,10,12H,6-7,11H2,1H3. The van der Waals surface area contributed by atoms with Gasteiger partial charge in [0.05, 0.1) is 13.7 Å². The zero-order valence-electron chi connectivity index (χ0n) is 8.14. The smallest absolute Gasteiger partial charge is 0.119 e. The Balaban J connectivity index is 2.36. The van der Waals surface area contributed by atoms with Crippen LogP contribution in [0, 0.1) is 0 Å². The van der Waals surface area contributed by atoms with E-state index in [0.29, 0.717) is 13.0 Å². The molecule has 0 spiro atoms. The highest BCUT2D eigenvalue weighted by molar-refractivity contribution is 5.31. The molecule has 1 unspecified atom stereocenters. The largest absolute Gasteiger partial charge is 0.497 e. The highest BCUT2D eigenvalue weighted by Gasteiger charge is 1.97. The van der Waals surface area contributed by atoms with Crippen LogP contribution in [-0.2, 0) is 0 Å². The third kappa shape index (κ3) is 3.64. The molecule has 3 N–H and O–H groups in total. The Morgan fingerprint density at radius 3 is 2.36 bits per heavy atom. The van der Waals surface area contributed by atoms with Gasteiger partial charge in [0.15, 0.2) is 0 Å². The Morgan fingerprint density at radius 2 is 1.86 bits per heavy atom. The maximum absolute atomic E-state index is 8.79. The summed E-state index contributed by atoms with van der Waals surface area (Å²) in [5.41, 5.74) is 5.16. The van der Waals surface area contributed by atoms with Gasteiger partial charge >= 0.3 is 0 Å². The number of ether oxygens (including phenoxy) is 2. The van der Waals surface area contributed by atoms with Crippen LogP contribution in [-0.4, -0.2) is 25.1 Å². The molecule has 4 heteroatoms. The molecule has 1 atom stereocenters. The summed E-state index contributed by atoms with van der Waals surface area (Å²) in [6, 6.07) is 7.24. The number of aliphatic hydroxyl groups is 1. The molecule has 0 aliphatic heterocycles. The molecule has 0 radical (unpaired) electrons. The lowest BCUT2D eigenvalue weighted by Crippen LogP contribution is -2.21. The first kappa shape index (κ1) is 10.8. The molecule has 14 heavy (non-hydrogen) atoms. The van der Waals surface area contributed by atoms with E-state index in [1.165, 1.54) is 0 Å². The number of benzene rings is 1. The van der Waals surface area contributed by atoms with Crippen molar-refractivity contribution in [2.75, 3.05) is 13.7 Å². The van der Waals surface area contributed by atoms with Crippen LogP contribution in [0.25, 0.3) is 0 Å². The fourth-order valence-electron chi connectivity index (χ4n) is 0.969. The number of methoxy groups -OCH3 is 1. The topological polar surface area (TPSA) is 64.7 Å². The predicted octanol–water partition coefficient (Wildman–Crippen LogP) is 0.741. The van der Waals surface area contributed by atoms with Crippen LogP contribution in [0.3, 0.4) is 0 Å². The summed E-state index contributed by atoms with van der Waals surface area (Å²) in [7, 11) is 1.61. The molecule has 0 aliphatic rings. The first-order chi connectivity index (χ1) is 6.72. The lowest BCUT2D eigenvalue weighted by Gasteiger charge is -2.07. The van der Waals surface area contributed by atoms with E-state index in [2.05, 4.69) is 0 Å². The van der Waals surface area contributed by atoms with Gasteiger partial charge in [-0.1, -0.05) is 0 Å². The van der Waals surface area contributed by atoms with Crippen molar-refractivity contribution in [3.8, 4) is 11.5 Å². The van der Waals surface area contributed by atoms with Crippen molar-refractivity contribution in [2.45, 2.75) is 12.6 Å². The second-order valence-corrected chi connectivity index (χ2v) is 2.88. The van der Waals surface area contributed by atoms with Crippen LogP contribution in [0.1, 0.15) is 6.42 Å². The molecular weight excluding hydrogens is 182 g/mol. The Hall–Kier alpha value is -1.26. The average Bonchev–Trinajstić information content (AvgIpc) is 2.18. The van der Waals surface area contributed by atoms with Crippen molar-refractivity contribution in [3.63, 3.8) is 0 Å².